The van der Waals surface area contributed by atoms with Crippen molar-refractivity contribution in [3.05, 3.63) is 28.2 Å². The van der Waals surface area contributed by atoms with Crippen molar-refractivity contribution in [1.29, 1.82) is 0 Å². The molecule has 7 nitrogen and oxygen atoms in total. The Hall–Kier alpha value is -1.93. The predicted molar refractivity (Wildman–Crippen MR) is 93.1 cm³/mol. The van der Waals surface area contributed by atoms with E-state index in [0.29, 0.717) is 6.54 Å². The first kappa shape index (κ1) is 16.5. The quantitative estimate of drug-likeness (QED) is 0.633. The van der Waals surface area contributed by atoms with Crippen molar-refractivity contribution in [2.45, 2.75) is 38.5 Å². The molecule has 1 aromatic carbocycles. The highest BCUT2D eigenvalue weighted by Crippen LogP contribution is 2.47. The maximum atomic E-state index is 12.9. The van der Waals surface area contributed by atoms with Gasteiger partial charge in [0.1, 0.15) is 0 Å². The minimum atomic E-state index is -1.40. The molecule has 0 bridgehead atoms. The van der Waals surface area contributed by atoms with Gasteiger partial charge in [0.15, 0.2) is 5.41 Å². The molecule has 3 heterocycles. The van der Waals surface area contributed by atoms with E-state index in [1.54, 1.807) is 0 Å². The monoisotopic (exact) mass is 407 g/mol. The zero-order valence-corrected chi connectivity index (χ0v) is 15.4. The summed E-state index contributed by atoms with van der Waals surface area (Å²) in [4.78, 5) is 39.4. The fourth-order valence-electron chi connectivity index (χ4n) is 4.42. The van der Waals surface area contributed by atoms with Gasteiger partial charge in [0.25, 0.3) is 0 Å². The Morgan fingerprint density at radius 1 is 1.20 bits per heavy atom. The number of urea groups is 1. The van der Waals surface area contributed by atoms with Gasteiger partial charge in [-0.15, -0.1) is 0 Å². The van der Waals surface area contributed by atoms with E-state index in [4.69, 9.17) is 4.74 Å². The summed E-state index contributed by atoms with van der Waals surface area (Å²) >= 11 is 3.46. The van der Waals surface area contributed by atoms with Crippen molar-refractivity contribution in [3.63, 3.8) is 0 Å². The molecule has 3 aliphatic rings. The number of ether oxygens (including phenoxy) is 1. The molecule has 3 aliphatic heterocycles. The van der Waals surface area contributed by atoms with E-state index in [1.807, 2.05) is 32.0 Å². The van der Waals surface area contributed by atoms with Crippen LogP contribution in [0.5, 0.6) is 0 Å². The number of amides is 4. The Bertz CT molecular complexity index is 776. The van der Waals surface area contributed by atoms with E-state index in [-0.39, 0.29) is 18.6 Å². The summed E-state index contributed by atoms with van der Waals surface area (Å²) in [7, 11) is 0. The maximum absolute atomic E-state index is 12.9. The lowest BCUT2D eigenvalue weighted by Crippen LogP contribution is -2.75. The predicted octanol–water partition coefficient (Wildman–Crippen LogP) is 1.34. The molecule has 2 saturated heterocycles. The van der Waals surface area contributed by atoms with Crippen LogP contribution in [0.3, 0.4) is 0 Å². The lowest BCUT2D eigenvalue weighted by molar-refractivity contribution is -0.153. The number of barbiturate groups is 1. The minimum Gasteiger partial charge on any atom is -0.372 e. The number of carbonyl (C=O) groups excluding carboxylic acids is 3. The molecule has 0 saturated carbocycles. The lowest BCUT2D eigenvalue weighted by Gasteiger charge is -2.55. The van der Waals surface area contributed by atoms with Crippen LogP contribution in [0.2, 0.25) is 0 Å². The zero-order valence-electron chi connectivity index (χ0n) is 13.8. The molecule has 2 N–H and O–H groups in total. The summed E-state index contributed by atoms with van der Waals surface area (Å²) in [5, 5.41) is 4.55. The third kappa shape index (κ3) is 2.31. The zero-order chi connectivity index (χ0) is 17.9. The molecule has 25 heavy (non-hydrogen) atoms. The first-order chi connectivity index (χ1) is 11.8. The SMILES string of the molecule is CC1CN2c3ccc(Br)cc3CC3(C(=O)NC(=O)NC3=O)[C@H]2C(C)O1. The number of benzene rings is 1. The number of anilines is 1. The summed E-state index contributed by atoms with van der Waals surface area (Å²) in [6.07, 6.45) is -0.157. The lowest BCUT2D eigenvalue weighted by atomic mass is 9.66. The Balaban J connectivity index is 1.92. The van der Waals surface area contributed by atoms with E-state index >= 15 is 0 Å². The number of hydrogen-bond acceptors (Lipinski definition) is 5. The van der Waals surface area contributed by atoms with Gasteiger partial charge in [-0.25, -0.2) is 4.79 Å². The van der Waals surface area contributed by atoms with Gasteiger partial charge in [0.2, 0.25) is 11.8 Å². The maximum Gasteiger partial charge on any atom is 0.328 e. The number of hydrogen-bond donors (Lipinski definition) is 2. The summed E-state index contributed by atoms with van der Waals surface area (Å²) in [5.41, 5.74) is 0.492. The molecule has 1 spiro atoms. The summed E-state index contributed by atoms with van der Waals surface area (Å²) in [5.74, 6) is -1.13. The number of morpholine rings is 1. The fraction of sp³-hybridized carbons (Fsp3) is 0.471. The van der Waals surface area contributed by atoms with Crippen LogP contribution in [0.15, 0.2) is 22.7 Å². The molecule has 0 aliphatic carbocycles. The Morgan fingerprint density at radius 3 is 2.56 bits per heavy atom. The van der Waals surface area contributed by atoms with Crippen molar-refractivity contribution in [1.82, 2.24) is 10.6 Å². The Labute approximate surface area is 153 Å². The topological polar surface area (TPSA) is 87.7 Å². The first-order valence-corrected chi connectivity index (χ1v) is 8.99. The highest BCUT2D eigenvalue weighted by atomic mass is 79.9. The molecule has 8 heteroatoms. The van der Waals surface area contributed by atoms with E-state index in [0.717, 1.165) is 15.7 Å². The van der Waals surface area contributed by atoms with E-state index in [2.05, 4.69) is 31.5 Å². The number of nitrogens with one attached hydrogen (secondary N) is 2. The molecule has 1 aromatic rings. The number of imide groups is 2. The van der Waals surface area contributed by atoms with Gasteiger partial charge in [-0.3, -0.25) is 20.2 Å². The molecular formula is C17H18BrN3O4. The van der Waals surface area contributed by atoms with Crippen LogP contribution in [-0.4, -0.2) is 42.6 Å². The van der Waals surface area contributed by atoms with Gasteiger partial charge in [-0.05, 0) is 44.0 Å². The second-order valence-electron chi connectivity index (χ2n) is 6.91. The summed E-state index contributed by atoms with van der Waals surface area (Å²) in [6.45, 7) is 4.41. The van der Waals surface area contributed by atoms with Crippen LogP contribution in [0.4, 0.5) is 10.5 Å². The van der Waals surface area contributed by atoms with Crippen molar-refractivity contribution >= 4 is 39.5 Å². The Morgan fingerprint density at radius 2 is 1.88 bits per heavy atom. The smallest absolute Gasteiger partial charge is 0.328 e. The van der Waals surface area contributed by atoms with Gasteiger partial charge in [-0.1, -0.05) is 15.9 Å². The van der Waals surface area contributed by atoms with Gasteiger partial charge in [-0.2, -0.15) is 0 Å². The van der Waals surface area contributed by atoms with Crippen LogP contribution in [0.25, 0.3) is 0 Å². The summed E-state index contributed by atoms with van der Waals surface area (Å²) < 4.78 is 6.83. The number of halogens is 1. The number of nitrogens with zero attached hydrogens (tertiary/aromatic N) is 1. The molecule has 132 valence electrons. The Kier molecular flexibility index (Phi) is 3.66. The number of fused-ring (bicyclic) bond motifs is 4. The molecule has 4 amide bonds. The molecular weight excluding hydrogens is 390 g/mol. The second-order valence-corrected chi connectivity index (χ2v) is 7.82. The highest BCUT2D eigenvalue weighted by molar-refractivity contribution is 9.10. The van der Waals surface area contributed by atoms with Crippen molar-refractivity contribution in [2.75, 3.05) is 11.4 Å². The largest absolute Gasteiger partial charge is 0.372 e. The number of rotatable bonds is 0. The average molecular weight is 408 g/mol. The van der Waals surface area contributed by atoms with Crippen molar-refractivity contribution in [2.24, 2.45) is 5.41 Å². The van der Waals surface area contributed by atoms with Gasteiger partial charge in [0, 0.05) is 16.7 Å². The summed E-state index contributed by atoms with van der Waals surface area (Å²) in [6, 6.07) is 4.61. The molecule has 0 radical (unpaired) electrons. The second kappa shape index (κ2) is 5.54. The molecule has 2 fully saturated rings. The van der Waals surface area contributed by atoms with Crippen LogP contribution in [0, 0.1) is 5.41 Å². The van der Waals surface area contributed by atoms with Gasteiger partial charge < -0.3 is 9.64 Å². The fourth-order valence-corrected chi connectivity index (χ4v) is 4.82. The van der Waals surface area contributed by atoms with Crippen molar-refractivity contribution < 1.29 is 19.1 Å². The van der Waals surface area contributed by atoms with Crippen LogP contribution in [-0.2, 0) is 20.7 Å². The van der Waals surface area contributed by atoms with Gasteiger partial charge in [0.05, 0.1) is 18.2 Å². The van der Waals surface area contributed by atoms with E-state index in [1.165, 1.54) is 0 Å². The van der Waals surface area contributed by atoms with Gasteiger partial charge >= 0.3 is 6.03 Å². The molecule has 4 rings (SSSR count). The average Bonchev–Trinajstić information content (AvgIpc) is 2.51. The van der Waals surface area contributed by atoms with E-state index in [9.17, 15) is 14.4 Å². The third-order valence-electron chi connectivity index (χ3n) is 5.27. The minimum absolute atomic E-state index is 0.0331. The van der Waals surface area contributed by atoms with E-state index < -0.39 is 29.3 Å². The highest BCUT2D eigenvalue weighted by Gasteiger charge is 2.62. The normalized spacial score (nSPS) is 30.4. The third-order valence-corrected chi connectivity index (χ3v) is 5.76. The van der Waals surface area contributed by atoms with Crippen LogP contribution >= 0.6 is 15.9 Å². The first-order valence-electron chi connectivity index (χ1n) is 8.20. The molecule has 3 atom stereocenters. The van der Waals surface area contributed by atoms with Crippen molar-refractivity contribution in [3.8, 4) is 0 Å². The molecule has 2 unspecified atom stereocenters. The van der Waals surface area contributed by atoms with Crippen LogP contribution in [0.1, 0.15) is 19.4 Å². The van der Waals surface area contributed by atoms with Crippen LogP contribution < -0.4 is 15.5 Å². The molecule has 0 aromatic heterocycles. The number of carbonyl (C=O) groups is 3. The standard InChI is InChI=1S/C17H18BrN3O4/c1-8-7-21-12-4-3-11(18)5-10(12)6-17(13(21)9(2)25-8)14(22)19-16(24)20-15(17)23/h3-5,8-9,13H,6-7H2,1-2H3,(H2,19,20,22,23,24)/t8?,9?,13-/m1/s1.